The first kappa shape index (κ1) is 28.8. The lowest BCUT2D eigenvalue weighted by molar-refractivity contribution is 0.103. The highest BCUT2D eigenvalue weighted by molar-refractivity contribution is 14.1. The highest BCUT2D eigenvalue weighted by atomic mass is 127. The molecule has 2 aliphatic heterocycles. The van der Waals surface area contributed by atoms with Gasteiger partial charge in [0.05, 0.1) is 18.1 Å². The molecule has 6 nitrogen and oxygen atoms in total. The van der Waals surface area contributed by atoms with E-state index >= 15 is 0 Å². The van der Waals surface area contributed by atoms with Crippen molar-refractivity contribution in [2.24, 2.45) is 0 Å². The zero-order valence-electron chi connectivity index (χ0n) is 23.9. The fourth-order valence-electron chi connectivity index (χ4n) is 6.27. The molecule has 6 rings (SSSR count). The summed E-state index contributed by atoms with van der Waals surface area (Å²) in [5.41, 5.74) is 5.00. The summed E-state index contributed by atoms with van der Waals surface area (Å²) in [6.07, 6.45) is 1.16. The summed E-state index contributed by atoms with van der Waals surface area (Å²) in [5.74, 6) is 1.97. The van der Waals surface area contributed by atoms with Crippen molar-refractivity contribution >= 4 is 50.9 Å². The number of halogens is 2. The molecule has 3 heterocycles. The lowest BCUT2D eigenvalue weighted by Crippen LogP contribution is -2.47. The summed E-state index contributed by atoms with van der Waals surface area (Å²) in [4.78, 5) is 20.1. The molecule has 41 heavy (non-hydrogen) atoms. The molecule has 214 valence electrons. The second-order valence-corrected chi connectivity index (χ2v) is 12.6. The third-order valence-corrected chi connectivity index (χ3v) is 9.78. The second kappa shape index (κ2) is 12.9. The van der Waals surface area contributed by atoms with Crippen LogP contribution in [0.15, 0.2) is 72.8 Å². The lowest BCUT2D eigenvalue weighted by atomic mass is 9.95. The molecule has 4 aromatic rings. The number of hydrogen-bond donors (Lipinski definition) is 0. The summed E-state index contributed by atoms with van der Waals surface area (Å²) in [6.45, 7) is 6.89. The van der Waals surface area contributed by atoms with Crippen molar-refractivity contribution in [2.45, 2.75) is 29.5 Å². The number of anilines is 1. The average Bonchev–Trinajstić information content (AvgIpc) is 3.45. The van der Waals surface area contributed by atoms with Crippen LogP contribution in [0, 0.1) is 0 Å². The van der Waals surface area contributed by atoms with Gasteiger partial charge < -0.3 is 9.80 Å². The van der Waals surface area contributed by atoms with Gasteiger partial charge in [-0.15, -0.1) is 0 Å². The Labute approximate surface area is 262 Å². The highest BCUT2D eigenvalue weighted by Gasteiger charge is 2.28. The molecule has 0 aliphatic carbocycles. The third-order valence-electron chi connectivity index (χ3n) is 8.65. The monoisotopic (exact) mass is 680 g/mol. The van der Waals surface area contributed by atoms with Crippen LogP contribution in [0.5, 0.6) is 0 Å². The van der Waals surface area contributed by atoms with Crippen LogP contribution in [0.2, 0.25) is 5.02 Å². The van der Waals surface area contributed by atoms with Crippen LogP contribution >= 0.6 is 34.2 Å². The van der Waals surface area contributed by atoms with Gasteiger partial charge in [-0.3, -0.25) is 9.80 Å². The number of nitrogens with zero attached hydrogens (tertiary/aromatic N) is 6. The molecule has 8 heteroatoms. The van der Waals surface area contributed by atoms with Crippen molar-refractivity contribution < 1.29 is 0 Å². The number of aromatic nitrogens is 2. The zero-order valence-corrected chi connectivity index (χ0v) is 26.8. The fourth-order valence-corrected chi connectivity index (χ4v) is 6.91. The minimum Gasteiger partial charge on any atom is -0.355 e. The number of para-hydroxylation sites is 1. The van der Waals surface area contributed by atoms with Gasteiger partial charge in [0.1, 0.15) is 11.6 Å². The van der Waals surface area contributed by atoms with Crippen LogP contribution in [0.4, 0.5) is 5.82 Å². The van der Waals surface area contributed by atoms with Crippen LogP contribution in [0.1, 0.15) is 35.0 Å². The van der Waals surface area contributed by atoms with E-state index in [0.29, 0.717) is 6.04 Å². The normalized spacial score (nSPS) is 19.6. The number of piperazine rings is 1. The average molecular weight is 681 g/mol. The lowest BCUT2D eigenvalue weighted by Gasteiger charge is -2.39. The van der Waals surface area contributed by atoms with Gasteiger partial charge in [0, 0.05) is 60.6 Å². The Kier molecular flexibility index (Phi) is 9.07. The maximum absolute atomic E-state index is 6.26. The van der Waals surface area contributed by atoms with Crippen molar-refractivity contribution in [1.82, 2.24) is 24.7 Å². The van der Waals surface area contributed by atoms with E-state index in [2.05, 4.69) is 117 Å². The Morgan fingerprint density at radius 3 is 2.24 bits per heavy atom. The van der Waals surface area contributed by atoms with Gasteiger partial charge in [-0.2, -0.15) is 0 Å². The summed E-state index contributed by atoms with van der Waals surface area (Å²) >= 11 is 8.68. The molecule has 0 N–H and O–H groups in total. The SMILES string of the molecule is CN1CCC(N(C)c2nc(CN3CCN(C(c4ccc(Cl)cc4)c4ccc(CI)cc4)CC3)nc3ccccc23)C1. The van der Waals surface area contributed by atoms with E-state index in [-0.39, 0.29) is 6.04 Å². The smallest absolute Gasteiger partial charge is 0.145 e. The molecule has 2 unspecified atom stereocenters. The number of likely N-dealkylation sites (N-methyl/N-ethyl adjacent to an activating group) is 2. The molecule has 2 saturated heterocycles. The van der Waals surface area contributed by atoms with Crippen molar-refractivity contribution in [3.05, 3.63) is 100 Å². The van der Waals surface area contributed by atoms with E-state index in [1.165, 1.54) is 16.7 Å². The number of likely N-dealkylation sites (tertiary alicyclic amines) is 1. The number of rotatable bonds is 8. The molecule has 2 aliphatic rings. The minimum absolute atomic E-state index is 0.208. The molecular weight excluding hydrogens is 643 g/mol. The van der Waals surface area contributed by atoms with E-state index < -0.39 is 0 Å². The molecular formula is C33H38ClIN6. The Morgan fingerprint density at radius 2 is 1.59 bits per heavy atom. The zero-order chi connectivity index (χ0) is 28.3. The van der Waals surface area contributed by atoms with E-state index in [0.717, 1.165) is 84.2 Å². The first-order chi connectivity index (χ1) is 20.0. The Morgan fingerprint density at radius 1 is 0.902 bits per heavy atom. The van der Waals surface area contributed by atoms with Gasteiger partial charge in [-0.05, 0) is 61.0 Å². The van der Waals surface area contributed by atoms with E-state index in [9.17, 15) is 0 Å². The summed E-state index contributed by atoms with van der Waals surface area (Å²) < 4.78 is 1.02. The molecule has 2 atom stereocenters. The van der Waals surface area contributed by atoms with Crippen molar-refractivity contribution in [3.8, 4) is 0 Å². The van der Waals surface area contributed by atoms with Crippen LogP contribution < -0.4 is 4.90 Å². The Bertz CT molecular complexity index is 1460. The molecule has 1 aromatic heterocycles. The Balaban J connectivity index is 1.20. The molecule has 0 bridgehead atoms. The Hall–Kier alpha value is -2.30. The van der Waals surface area contributed by atoms with Gasteiger partial charge >= 0.3 is 0 Å². The van der Waals surface area contributed by atoms with Gasteiger partial charge in [-0.1, -0.05) is 82.7 Å². The first-order valence-electron chi connectivity index (χ1n) is 14.5. The first-order valence-corrected chi connectivity index (χ1v) is 16.4. The molecule has 3 aromatic carbocycles. The summed E-state index contributed by atoms with van der Waals surface area (Å²) in [7, 11) is 4.40. The molecule has 0 spiro atoms. The van der Waals surface area contributed by atoms with E-state index in [1.807, 2.05) is 12.1 Å². The third kappa shape index (κ3) is 6.54. The number of alkyl halides is 1. The molecule has 2 fully saturated rings. The van der Waals surface area contributed by atoms with Crippen LogP contribution in [0.25, 0.3) is 10.9 Å². The van der Waals surface area contributed by atoms with Gasteiger partial charge in [0.2, 0.25) is 0 Å². The minimum atomic E-state index is 0.208. The predicted molar refractivity (Wildman–Crippen MR) is 178 cm³/mol. The molecule has 0 radical (unpaired) electrons. The highest BCUT2D eigenvalue weighted by Crippen LogP contribution is 2.32. The van der Waals surface area contributed by atoms with Crippen molar-refractivity contribution in [3.63, 3.8) is 0 Å². The summed E-state index contributed by atoms with van der Waals surface area (Å²) in [5, 5.41) is 1.91. The summed E-state index contributed by atoms with van der Waals surface area (Å²) in [6, 6.07) is 26.6. The maximum atomic E-state index is 6.26. The molecule has 0 amide bonds. The standard InChI is InChI=1S/C33H38ClIN6/c1-38-16-15-28(22-38)39(2)33-29-5-3-4-6-30(29)36-31(37-33)23-40-17-19-41(20-18-40)32(26-11-13-27(34)14-12-26)25-9-7-24(21-35)8-10-25/h3-14,28,32H,15-23H2,1-2H3. The molecule has 0 saturated carbocycles. The maximum Gasteiger partial charge on any atom is 0.145 e. The van der Waals surface area contributed by atoms with Crippen molar-refractivity contribution in [2.75, 3.05) is 58.3 Å². The second-order valence-electron chi connectivity index (χ2n) is 11.4. The van der Waals surface area contributed by atoms with E-state index in [4.69, 9.17) is 21.6 Å². The predicted octanol–water partition coefficient (Wildman–Crippen LogP) is 6.27. The largest absolute Gasteiger partial charge is 0.355 e. The fraction of sp³-hybridized carbons (Fsp3) is 0.394. The topological polar surface area (TPSA) is 38.7 Å². The quantitative estimate of drug-likeness (QED) is 0.162. The number of fused-ring (bicyclic) bond motifs is 1. The number of benzene rings is 3. The van der Waals surface area contributed by atoms with Crippen LogP contribution in [-0.2, 0) is 11.0 Å². The van der Waals surface area contributed by atoms with Gasteiger partial charge in [-0.25, -0.2) is 9.97 Å². The van der Waals surface area contributed by atoms with Crippen LogP contribution in [0.3, 0.4) is 0 Å². The van der Waals surface area contributed by atoms with Gasteiger partial charge in [0.25, 0.3) is 0 Å². The van der Waals surface area contributed by atoms with E-state index in [1.54, 1.807) is 0 Å². The number of hydrogen-bond acceptors (Lipinski definition) is 6. The van der Waals surface area contributed by atoms with Crippen LogP contribution in [-0.4, -0.2) is 84.1 Å². The van der Waals surface area contributed by atoms with Crippen molar-refractivity contribution in [1.29, 1.82) is 0 Å². The van der Waals surface area contributed by atoms with Gasteiger partial charge in [0.15, 0.2) is 0 Å².